The first-order valence-corrected chi connectivity index (χ1v) is 9.36. The van der Waals surface area contributed by atoms with Gasteiger partial charge in [-0.3, -0.25) is 4.79 Å². The van der Waals surface area contributed by atoms with Crippen LogP contribution in [0.25, 0.3) is 0 Å². The van der Waals surface area contributed by atoms with Crippen LogP contribution in [0.4, 0.5) is 5.69 Å². The number of rotatable bonds is 7. The quantitative estimate of drug-likeness (QED) is 0.592. The third-order valence-electron chi connectivity index (χ3n) is 4.31. The van der Waals surface area contributed by atoms with Gasteiger partial charge in [0.25, 0.3) is 5.91 Å². The second-order valence-corrected chi connectivity index (χ2v) is 6.70. The van der Waals surface area contributed by atoms with Crippen molar-refractivity contribution in [1.82, 2.24) is 0 Å². The van der Waals surface area contributed by atoms with Gasteiger partial charge in [0.2, 0.25) is 0 Å². The summed E-state index contributed by atoms with van der Waals surface area (Å²) >= 11 is 0. The number of hydrogen-bond donors (Lipinski definition) is 1. The molecule has 0 aliphatic rings. The monoisotopic (exact) mass is 389 g/mol. The standard InChI is InChI=1S/C24H23NO4/c1-17-8-10-20(11-9-17)24(27)29-18(2)23(26)25-21-12-14-22(15-13-21)28-16-19-6-4-3-5-7-19/h3-15,18H,16H2,1-2H3,(H,25,26)/t18-/m1/s1. The smallest absolute Gasteiger partial charge is 0.338 e. The fourth-order valence-electron chi connectivity index (χ4n) is 2.59. The van der Waals surface area contributed by atoms with Crippen molar-refractivity contribution in [2.75, 3.05) is 5.32 Å². The fraction of sp³-hybridized carbons (Fsp3) is 0.167. The van der Waals surface area contributed by atoms with Crippen molar-refractivity contribution in [3.63, 3.8) is 0 Å². The van der Waals surface area contributed by atoms with Gasteiger partial charge in [0.1, 0.15) is 12.4 Å². The predicted molar refractivity (Wildman–Crippen MR) is 112 cm³/mol. The van der Waals surface area contributed by atoms with Gasteiger partial charge in [0, 0.05) is 5.69 Å². The van der Waals surface area contributed by atoms with Crippen LogP contribution >= 0.6 is 0 Å². The van der Waals surface area contributed by atoms with Crippen LogP contribution < -0.4 is 10.1 Å². The van der Waals surface area contributed by atoms with E-state index in [-0.39, 0.29) is 0 Å². The Morgan fingerprint density at radius 1 is 0.897 bits per heavy atom. The SMILES string of the molecule is Cc1ccc(C(=O)O[C@H](C)C(=O)Nc2ccc(OCc3ccccc3)cc2)cc1. The number of ether oxygens (including phenoxy) is 2. The first kappa shape index (κ1) is 20.1. The summed E-state index contributed by atoms with van der Waals surface area (Å²) in [5, 5.41) is 2.74. The molecule has 1 N–H and O–H groups in total. The highest BCUT2D eigenvalue weighted by Crippen LogP contribution is 2.18. The lowest BCUT2D eigenvalue weighted by Crippen LogP contribution is -2.30. The number of amides is 1. The minimum atomic E-state index is -0.919. The van der Waals surface area contributed by atoms with Gasteiger partial charge < -0.3 is 14.8 Å². The van der Waals surface area contributed by atoms with E-state index in [0.29, 0.717) is 23.6 Å². The fourth-order valence-corrected chi connectivity index (χ4v) is 2.59. The molecular formula is C24H23NO4. The Morgan fingerprint density at radius 3 is 2.21 bits per heavy atom. The number of carbonyl (C=O) groups is 2. The normalized spacial score (nSPS) is 11.4. The molecule has 0 aromatic heterocycles. The highest BCUT2D eigenvalue weighted by Gasteiger charge is 2.19. The Hall–Kier alpha value is -3.60. The highest BCUT2D eigenvalue weighted by atomic mass is 16.5. The number of benzene rings is 3. The van der Waals surface area contributed by atoms with Crippen LogP contribution in [-0.4, -0.2) is 18.0 Å². The van der Waals surface area contributed by atoms with E-state index in [1.807, 2.05) is 49.4 Å². The molecule has 0 aliphatic heterocycles. The summed E-state index contributed by atoms with van der Waals surface area (Å²) in [4.78, 5) is 24.4. The average molecular weight is 389 g/mol. The van der Waals surface area contributed by atoms with Crippen molar-refractivity contribution >= 4 is 17.6 Å². The molecule has 5 heteroatoms. The Bertz CT molecular complexity index is 950. The van der Waals surface area contributed by atoms with Gasteiger partial charge in [-0.1, -0.05) is 48.0 Å². The Balaban J connectivity index is 1.50. The van der Waals surface area contributed by atoms with Crippen molar-refractivity contribution < 1.29 is 19.1 Å². The molecule has 0 unspecified atom stereocenters. The van der Waals surface area contributed by atoms with Gasteiger partial charge >= 0.3 is 5.97 Å². The molecule has 5 nitrogen and oxygen atoms in total. The topological polar surface area (TPSA) is 64.6 Å². The number of carbonyl (C=O) groups excluding carboxylic acids is 2. The van der Waals surface area contributed by atoms with Crippen molar-refractivity contribution in [1.29, 1.82) is 0 Å². The van der Waals surface area contributed by atoms with E-state index in [9.17, 15) is 9.59 Å². The number of anilines is 1. The van der Waals surface area contributed by atoms with Crippen molar-refractivity contribution in [2.45, 2.75) is 26.6 Å². The van der Waals surface area contributed by atoms with Crippen LogP contribution in [0.3, 0.4) is 0 Å². The molecule has 0 fully saturated rings. The zero-order valence-corrected chi connectivity index (χ0v) is 16.4. The molecule has 1 atom stereocenters. The lowest BCUT2D eigenvalue weighted by molar-refractivity contribution is -0.123. The third-order valence-corrected chi connectivity index (χ3v) is 4.31. The van der Waals surface area contributed by atoms with E-state index >= 15 is 0 Å². The van der Waals surface area contributed by atoms with Crippen LogP contribution in [0.5, 0.6) is 5.75 Å². The van der Waals surface area contributed by atoms with Gasteiger partial charge in [-0.2, -0.15) is 0 Å². The van der Waals surface area contributed by atoms with E-state index in [0.717, 1.165) is 11.1 Å². The van der Waals surface area contributed by atoms with Crippen LogP contribution in [0, 0.1) is 6.92 Å². The van der Waals surface area contributed by atoms with E-state index in [2.05, 4.69) is 5.32 Å². The number of esters is 1. The van der Waals surface area contributed by atoms with Crippen LogP contribution in [-0.2, 0) is 16.1 Å². The summed E-state index contributed by atoms with van der Waals surface area (Å²) in [7, 11) is 0. The van der Waals surface area contributed by atoms with E-state index in [1.54, 1.807) is 43.3 Å². The van der Waals surface area contributed by atoms with Crippen molar-refractivity contribution in [3.05, 3.63) is 95.6 Å². The molecule has 29 heavy (non-hydrogen) atoms. The van der Waals surface area contributed by atoms with Gasteiger partial charge in [-0.25, -0.2) is 4.79 Å². The molecule has 1 amide bonds. The molecule has 0 saturated carbocycles. The summed E-state index contributed by atoms with van der Waals surface area (Å²) in [6.45, 7) is 3.94. The van der Waals surface area contributed by atoms with Gasteiger partial charge in [-0.05, 0) is 55.8 Å². The van der Waals surface area contributed by atoms with E-state index in [1.165, 1.54) is 0 Å². The Kier molecular flexibility index (Phi) is 6.63. The molecule has 3 aromatic rings. The lowest BCUT2D eigenvalue weighted by Gasteiger charge is -2.14. The average Bonchev–Trinajstić information content (AvgIpc) is 2.74. The second kappa shape index (κ2) is 9.55. The molecule has 0 aliphatic carbocycles. The lowest BCUT2D eigenvalue weighted by atomic mass is 10.1. The Labute approximate surface area is 170 Å². The van der Waals surface area contributed by atoms with E-state index in [4.69, 9.17) is 9.47 Å². The van der Waals surface area contributed by atoms with Crippen molar-refractivity contribution in [3.8, 4) is 5.75 Å². The summed E-state index contributed by atoms with van der Waals surface area (Å²) in [6, 6.07) is 23.9. The molecule has 0 bridgehead atoms. The maximum absolute atomic E-state index is 12.3. The summed E-state index contributed by atoms with van der Waals surface area (Å²) in [5.41, 5.74) is 3.13. The largest absolute Gasteiger partial charge is 0.489 e. The van der Waals surface area contributed by atoms with Gasteiger partial charge in [0.15, 0.2) is 6.10 Å². The van der Waals surface area contributed by atoms with Crippen molar-refractivity contribution in [2.24, 2.45) is 0 Å². The highest BCUT2D eigenvalue weighted by molar-refractivity contribution is 5.97. The zero-order chi connectivity index (χ0) is 20.6. The summed E-state index contributed by atoms with van der Waals surface area (Å²) in [6.07, 6.45) is -0.919. The minimum Gasteiger partial charge on any atom is -0.489 e. The summed E-state index contributed by atoms with van der Waals surface area (Å²) in [5.74, 6) is -0.230. The molecule has 3 aromatic carbocycles. The molecule has 3 rings (SSSR count). The van der Waals surface area contributed by atoms with Gasteiger partial charge in [-0.15, -0.1) is 0 Å². The van der Waals surface area contributed by atoms with Crippen LogP contribution in [0.1, 0.15) is 28.4 Å². The van der Waals surface area contributed by atoms with Crippen LogP contribution in [0.15, 0.2) is 78.9 Å². The first-order valence-electron chi connectivity index (χ1n) is 9.36. The molecule has 148 valence electrons. The molecular weight excluding hydrogens is 366 g/mol. The number of hydrogen-bond acceptors (Lipinski definition) is 4. The summed E-state index contributed by atoms with van der Waals surface area (Å²) < 4.78 is 11.0. The third kappa shape index (κ3) is 5.94. The predicted octanol–water partition coefficient (Wildman–Crippen LogP) is 4.76. The second-order valence-electron chi connectivity index (χ2n) is 6.70. The molecule has 0 spiro atoms. The van der Waals surface area contributed by atoms with Crippen LogP contribution in [0.2, 0.25) is 0 Å². The first-order chi connectivity index (χ1) is 14.0. The Morgan fingerprint density at radius 2 is 1.55 bits per heavy atom. The maximum Gasteiger partial charge on any atom is 0.338 e. The molecule has 0 saturated heterocycles. The molecule has 0 heterocycles. The number of nitrogens with one attached hydrogen (secondary N) is 1. The van der Waals surface area contributed by atoms with E-state index < -0.39 is 18.0 Å². The van der Waals surface area contributed by atoms with Gasteiger partial charge in [0.05, 0.1) is 5.56 Å². The number of aryl methyl sites for hydroxylation is 1. The minimum absolute atomic E-state index is 0.400. The zero-order valence-electron chi connectivity index (χ0n) is 16.4. The molecule has 0 radical (unpaired) electrons. The maximum atomic E-state index is 12.3.